The Bertz CT molecular complexity index is 793. The average Bonchev–Trinajstić information content (AvgIpc) is 2.97. The third-order valence-corrected chi connectivity index (χ3v) is 3.79. The van der Waals surface area contributed by atoms with Gasteiger partial charge < -0.3 is 5.32 Å². The van der Waals surface area contributed by atoms with Gasteiger partial charge in [-0.05, 0) is 30.7 Å². The van der Waals surface area contributed by atoms with E-state index < -0.39 is 0 Å². The van der Waals surface area contributed by atoms with Crippen LogP contribution < -0.4 is 5.32 Å². The van der Waals surface area contributed by atoms with Crippen LogP contribution in [-0.4, -0.2) is 22.0 Å². The number of amides is 1. The zero-order valence-corrected chi connectivity index (χ0v) is 13.3. The standard InChI is InChI=1S/C19H21N3O/c1-2-14-20-19(23)13-12-18-21-16-10-6-7-11-17(16)22(18)15-8-4-3-5-9-15/h3-11H,2,12-14H2,1H3,(H,20,23). The van der Waals surface area contributed by atoms with E-state index in [4.69, 9.17) is 4.98 Å². The van der Waals surface area contributed by atoms with Crippen LogP contribution in [-0.2, 0) is 11.2 Å². The summed E-state index contributed by atoms with van der Waals surface area (Å²) < 4.78 is 2.14. The molecule has 2 aromatic carbocycles. The Balaban J connectivity index is 1.92. The van der Waals surface area contributed by atoms with Crippen molar-refractivity contribution >= 4 is 16.9 Å². The second-order valence-corrected chi connectivity index (χ2v) is 5.54. The molecule has 0 aliphatic rings. The van der Waals surface area contributed by atoms with Gasteiger partial charge in [0.2, 0.25) is 5.91 Å². The molecule has 23 heavy (non-hydrogen) atoms. The fourth-order valence-electron chi connectivity index (χ4n) is 2.69. The number of nitrogens with one attached hydrogen (secondary N) is 1. The van der Waals surface area contributed by atoms with Crippen LogP contribution in [0.2, 0.25) is 0 Å². The number of carbonyl (C=O) groups is 1. The van der Waals surface area contributed by atoms with E-state index in [1.807, 2.05) is 36.4 Å². The summed E-state index contributed by atoms with van der Waals surface area (Å²) in [5.41, 5.74) is 3.10. The van der Waals surface area contributed by atoms with Gasteiger partial charge in [0.15, 0.2) is 0 Å². The van der Waals surface area contributed by atoms with E-state index in [0.29, 0.717) is 12.8 Å². The lowest BCUT2D eigenvalue weighted by Gasteiger charge is -2.09. The number of benzene rings is 2. The molecular weight excluding hydrogens is 286 g/mol. The lowest BCUT2D eigenvalue weighted by molar-refractivity contribution is -0.121. The predicted octanol–water partition coefficient (Wildman–Crippen LogP) is 3.48. The Hall–Kier alpha value is -2.62. The molecule has 1 heterocycles. The molecular formula is C19H21N3O. The first-order valence-electron chi connectivity index (χ1n) is 8.08. The molecule has 0 saturated heterocycles. The Kier molecular flexibility index (Phi) is 4.71. The predicted molar refractivity (Wildman–Crippen MR) is 92.7 cm³/mol. The Morgan fingerprint density at radius 1 is 1.09 bits per heavy atom. The summed E-state index contributed by atoms with van der Waals surface area (Å²) in [6.07, 6.45) is 2.03. The SMILES string of the molecule is CCCNC(=O)CCc1nc2ccccc2n1-c1ccccc1. The van der Waals surface area contributed by atoms with Crippen LogP contribution in [0.15, 0.2) is 54.6 Å². The van der Waals surface area contributed by atoms with Crippen molar-refractivity contribution in [1.82, 2.24) is 14.9 Å². The van der Waals surface area contributed by atoms with Gasteiger partial charge in [-0.3, -0.25) is 9.36 Å². The van der Waals surface area contributed by atoms with E-state index in [2.05, 4.69) is 35.0 Å². The Morgan fingerprint density at radius 3 is 2.61 bits per heavy atom. The van der Waals surface area contributed by atoms with Crippen molar-refractivity contribution in [3.63, 3.8) is 0 Å². The molecule has 1 N–H and O–H groups in total. The number of aromatic nitrogens is 2. The molecule has 0 aliphatic carbocycles. The van der Waals surface area contributed by atoms with Crippen LogP contribution in [0.1, 0.15) is 25.6 Å². The largest absolute Gasteiger partial charge is 0.356 e. The first-order valence-corrected chi connectivity index (χ1v) is 8.08. The molecule has 3 aromatic rings. The zero-order chi connectivity index (χ0) is 16.1. The number of hydrogen-bond acceptors (Lipinski definition) is 2. The third kappa shape index (κ3) is 3.42. The lowest BCUT2D eigenvalue weighted by atomic mass is 10.2. The van der Waals surface area contributed by atoms with Gasteiger partial charge in [0.25, 0.3) is 0 Å². The molecule has 4 nitrogen and oxygen atoms in total. The summed E-state index contributed by atoms with van der Waals surface area (Å²) in [5.74, 6) is 1.00. The quantitative estimate of drug-likeness (QED) is 0.758. The minimum atomic E-state index is 0.0820. The van der Waals surface area contributed by atoms with E-state index in [-0.39, 0.29) is 5.91 Å². The maximum absolute atomic E-state index is 11.9. The molecule has 4 heteroatoms. The number of fused-ring (bicyclic) bond motifs is 1. The molecule has 0 saturated carbocycles. The van der Waals surface area contributed by atoms with Crippen molar-refractivity contribution < 1.29 is 4.79 Å². The van der Waals surface area contributed by atoms with Crippen molar-refractivity contribution in [2.45, 2.75) is 26.2 Å². The van der Waals surface area contributed by atoms with Gasteiger partial charge in [-0.1, -0.05) is 37.3 Å². The van der Waals surface area contributed by atoms with Gasteiger partial charge in [0.1, 0.15) is 5.82 Å². The lowest BCUT2D eigenvalue weighted by Crippen LogP contribution is -2.24. The van der Waals surface area contributed by atoms with Gasteiger partial charge in [-0.25, -0.2) is 4.98 Å². The van der Waals surface area contributed by atoms with E-state index in [1.165, 1.54) is 0 Å². The van der Waals surface area contributed by atoms with Gasteiger partial charge in [0.05, 0.1) is 11.0 Å². The van der Waals surface area contributed by atoms with E-state index in [9.17, 15) is 4.79 Å². The van der Waals surface area contributed by atoms with E-state index in [1.54, 1.807) is 0 Å². The van der Waals surface area contributed by atoms with Crippen LogP contribution in [0.25, 0.3) is 16.7 Å². The fraction of sp³-hybridized carbons (Fsp3) is 0.263. The molecule has 1 aromatic heterocycles. The number of carbonyl (C=O) groups excluding carboxylic acids is 1. The summed E-state index contributed by atoms with van der Waals surface area (Å²) in [6, 6.07) is 18.2. The maximum atomic E-state index is 11.9. The van der Waals surface area contributed by atoms with E-state index in [0.717, 1.165) is 35.5 Å². The summed E-state index contributed by atoms with van der Waals surface area (Å²) in [6.45, 7) is 2.78. The summed E-state index contributed by atoms with van der Waals surface area (Å²) in [4.78, 5) is 16.6. The maximum Gasteiger partial charge on any atom is 0.220 e. The van der Waals surface area contributed by atoms with Crippen molar-refractivity contribution in [3.8, 4) is 5.69 Å². The zero-order valence-electron chi connectivity index (χ0n) is 13.3. The highest BCUT2D eigenvalue weighted by Gasteiger charge is 2.13. The number of imidazole rings is 1. The first-order chi connectivity index (χ1) is 11.3. The minimum absolute atomic E-state index is 0.0820. The average molecular weight is 307 g/mol. The molecule has 0 aliphatic heterocycles. The smallest absolute Gasteiger partial charge is 0.220 e. The third-order valence-electron chi connectivity index (χ3n) is 3.79. The second kappa shape index (κ2) is 7.09. The van der Waals surface area contributed by atoms with Crippen molar-refractivity contribution in [3.05, 3.63) is 60.4 Å². The van der Waals surface area contributed by atoms with Crippen LogP contribution in [0.3, 0.4) is 0 Å². The molecule has 0 radical (unpaired) electrons. The fourth-order valence-corrected chi connectivity index (χ4v) is 2.69. The monoisotopic (exact) mass is 307 g/mol. The highest BCUT2D eigenvalue weighted by molar-refractivity contribution is 5.79. The molecule has 0 fully saturated rings. The molecule has 0 bridgehead atoms. The summed E-state index contributed by atoms with van der Waals surface area (Å²) in [5, 5.41) is 2.92. The van der Waals surface area contributed by atoms with Crippen LogP contribution in [0.5, 0.6) is 0 Å². The summed E-state index contributed by atoms with van der Waals surface area (Å²) >= 11 is 0. The van der Waals surface area contributed by atoms with Gasteiger partial charge in [-0.15, -0.1) is 0 Å². The highest BCUT2D eigenvalue weighted by Crippen LogP contribution is 2.22. The molecule has 0 spiro atoms. The normalized spacial score (nSPS) is 10.8. The number of aryl methyl sites for hydroxylation is 1. The van der Waals surface area contributed by atoms with Crippen molar-refractivity contribution in [1.29, 1.82) is 0 Å². The molecule has 0 unspecified atom stereocenters. The molecule has 0 atom stereocenters. The van der Waals surface area contributed by atoms with Gasteiger partial charge in [0, 0.05) is 25.1 Å². The van der Waals surface area contributed by atoms with Crippen LogP contribution >= 0.6 is 0 Å². The number of hydrogen-bond donors (Lipinski definition) is 1. The van der Waals surface area contributed by atoms with Crippen LogP contribution in [0.4, 0.5) is 0 Å². The minimum Gasteiger partial charge on any atom is -0.356 e. The highest BCUT2D eigenvalue weighted by atomic mass is 16.1. The number of rotatable bonds is 6. The first kappa shape index (κ1) is 15.3. The topological polar surface area (TPSA) is 46.9 Å². The molecule has 118 valence electrons. The summed E-state index contributed by atoms with van der Waals surface area (Å²) in [7, 11) is 0. The van der Waals surface area contributed by atoms with E-state index >= 15 is 0 Å². The Labute approximate surface area is 136 Å². The van der Waals surface area contributed by atoms with Gasteiger partial charge >= 0.3 is 0 Å². The van der Waals surface area contributed by atoms with Crippen molar-refractivity contribution in [2.24, 2.45) is 0 Å². The molecule has 3 rings (SSSR count). The van der Waals surface area contributed by atoms with Crippen molar-refractivity contribution in [2.75, 3.05) is 6.54 Å². The van der Waals surface area contributed by atoms with Gasteiger partial charge in [-0.2, -0.15) is 0 Å². The van der Waals surface area contributed by atoms with Crippen LogP contribution in [0, 0.1) is 0 Å². The Morgan fingerprint density at radius 2 is 1.83 bits per heavy atom. The number of para-hydroxylation sites is 3. The molecule has 1 amide bonds. The second-order valence-electron chi connectivity index (χ2n) is 5.54. The number of nitrogens with zero attached hydrogens (tertiary/aromatic N) is 2.